The first-order valence-corrected chi connectivity index (χ1v) is 6.53. The van der Waals surface area contributed by atoms with Gasteiger partial charge in [-0.1, -0.05) is 13.8 Å². The van der Waals surface area contributed by atoms with Crippen molar-refractivity contribution in [2.45, 2.75) is 26.5 Å². The fourth-order valence-corrected chi connectivity index (χ4v) is 1.65. The molecule has 20 heavy (non-hydrogen) atoms. The van der Waals surface area contributed by atoms with Crippen molar-refractivity contribution in [3.05, 3.63) is 35.9 Å². The molecule has 0 saturated carbocycles. The molecule has 0 aliphatic carbocycles. The Morgan fingerprint density at radius 3 is 2.45 bits per heavy atom. The molecule has 6 heteroatoms. The van der Waals surface area contributed by atoms with Crippen molar-refractivity contribution in [3.63, 3.8) is 0 Å². The van der Waals surface area contributed by atoms with Crippen LogP contribution < -0.4 is 15.2 Å². The third-order valence-corrected chi connectivity index (χ3v) is 3.00. The summed E-state index contributed by atoms with van der Waals surface area (Å²) in [6.45, 7) is 4.40. The first kappa shape index (κ1) is 14.3. The molecule has 0 aliphatic rings. The molecule has 0 aliphatic heterocycles. The molecule has 108 valence electrons. The van der Waals surface area contributed by atoms with Crippen molar-refractivity contribution in [2.75, 3.05) is 7.11 Å². The normalized spacial score (nSPS) is 12.4. The van der Waals surface area contributed by atoms with E-state index < -0.39 is 0 Å². The van der Waals surface area contributed by atoms with Crippen LogP contribution in [-0.2, 0) is 6.61 Å². The number of ether oxygens (including phenoxy) is 2. The van der Waals surface area contributed by atoms with Gasteiger partial charge in [-0.15, -0.1) is 0 Å². The van der Waals surface area contributed by atoms with Gasteiger partial charge in [0, 0.05) is 0 Å². The second kappa shape index (κ2) is 6.38. The molecule has 0 unspecified atom stereocenters. The molecular formula is C14H20N4O2. The maximum atomic E-state index is 5.99. The van der Waals surface area contributed by atoms with E-state index in [9.17, 15) is 0 Å². The molecule has 0 radical (unpaired) electrons. The van der Waals surface area contributed by atoms with Crippen LogP contribution in [0.4, 0.5) is 0 Å². The zero-order chi connectivity index (χ0) is 14.5. The second-order valence-corrected chi connectivity index (χ2v) is 4.87. The van der Waals surface area contributed by atoms with Crippen LogP contribution in [0.25, 0.3) is 0 Å². The van der Waals surface area contributed by atoms with Gasteiger partial charge in [-0.3, -0.25) is 5.10 Å². The zero-order valence-electron chi connectivity index (χ0n) is 12.0. The molecule has 2 aromatic rings. The highest BCUT2D eigenvalue weighted by atomic mass is 16.5. The lowest BCUT2D eigenvalue weighted by Crippen LogP contribution is -2.18. The molecule has 0 fully saturated rings. The van der Waals surface area contributed by atoms with E-state index in [1.165, 1.54) is 0 Å². The Kier molecular flexibility index (Phi) is 4.57. The number of benzene rings is 1. The van der Waals surface area contributed by atoms with Crippen molar-refractivity contribution in [1.29, 1.82) is 0 Å². The summed E-state index contributed by atoms with van der Waals surface area (Å²) < 4.78 is 10.7. The topological polar surface area (TPSA) is 86.1 Å². The van der Waals surface area contributed by atoms with Crippen LogP contribution >= 0.6 is 0 Å². The van der Waals surface area contributed by atoms with Crippen LogP contribution in [-0.4, -0.2) is 22.3 Å². The summed E-state index contributed by atoms with van der Waals surface area (Å²) in [5, 5.41) is 6.96. The lowest BCUT2D eigenvalue weighted by Gasteiger charge is -2.10. The van der Waals surface area contributed by atoms with Gasteiger partial charge in [-0.05, 0) is 30.2 Å². The van der Waals surface area contributed by atoms with Crippen LogP contribution in [0.2, 0.25) is 0 Å². The summed E-state index contributed by atoms with van der Waals surface area (Å²) in [7, 11) is 1.63. The minimum absolute atomic E-state index is 0.166. The van der Waals surface area contributed by atoms with Crippen molar-refractivity contribution < 1.29 is 9.47 Å². The summed E-state index contributed by atoms with van der Waals surface area (Å²) >= 11 is 0. The van der Waals surface area contributed by atoms with E-state index in [0.717, 1.165) is 11.5 Å². The Balaban J connectivity index is 1.93. The van der Waals surface area contributed by atoms with Gasteiger partial charge >= 0.3 is 0 Å². The summed E-state index contributed by atoms with van der Waals surface area (Å²) in [5.74, 6) is 3.11. The van der Waals surface area contributed by atoms with E-state index in [-0.39, 0.29) is 6.04 Å². The molecule has 0 spiro atoms. The molecule has 1 aromatic carbocycles. The standard InChI is InChI=1S/C14H20N4O2/c1-9(2)13(15)14-16-12(17-18-14)8-20-11-6-4-10(19-3)5-7-11/h4-7,9,13H,8,15H2,1-3H3,(H,16,17,18)/t13-/m0/s1. The lowest BCUT2D eigenvalue weighted by atomic mass is 10.1. The number of rotatable bonds is 6. The number of aromatic nitrogens is 3. The van der Waals surface area contributed by atoms with Gasteiger partial charge in [-0.2, -0.15) is 5.10 Å². The Labute approximate surface area is 118 Å². The average Bonchev–Trinajstić information content (AvgIpc) is 2.93. The van der Waals surface area contributed by atoms with Gasteiger partial charge in [0.25, 0.3) is 0 Å². The Morgan fingerprint density at radius 1 is 1.20 bits per heavy atom. The molecule has 2 rings (SSSR count). The smallest absolute Gasteiger partial charge is 0.167 e. The highest BCUT2D eigenvalue weighted by Crippen LogP contribution is 2.18. The Bertz CT molecular complexity index is 536. The SMILES string of the molecule is COc1ccc(OCc2nc([C@@H](N)C(C)C)n[nH]2)cc1. The number of aromatic amines is 1. The molecule has 1 aromatic heterocycles. The third-order valence-electron chi connectivity index (χ3n) is 3.00. The van der Waals surface area contributed by atoms with Gasteiger partial charge in [0.05, 0.1) is 13.2 Å². The molecule has 0 bridgehead atoms. The predicted octanol–water partition coefficient (Wildman–Crippen LogP) is 2.05. The minimum atomic E-state index is -0.166. The largest absolute Gasteiger partial charge is 0.497 e. The number of nitrogens with zero attached hydrogens (tertiary/aromatic N) is 2. The molecule has 3 N–H and O–H groups in total. The van der Waals surface area contributed by atoms with Crippen LogP contribution in [0.5, 0.6) is 11.5 Å². The molecule has 6 nitrogen and oxygen atoms in total. The second-order valence-electron chi connectivity index (χ2n) is 4.87. The fourth-order valence-electron chi connectivity index (χ4n) is 1.65. The highest BCUT2D eigenvalue weighted by Gasteiger charge is 2.15. The molecule has 1 heterocycles. The third kappa shape index (κ3) is 3.48. The van der Waals surface area contributed by atoms with Gasteiger partial charge in [0.2, 0.25) is 0 Å². The monoisotopic (exact) mass is 276 g/mol. The van der Waals surface area contributed by atoms with Crippen LogP contribution in [0.3, 0.4) is 0 Å². The van der Waals surface area contributed by atoms with E-state index in [1.54, 1.807) is 7.11 Å². The number of hydrogen-bond acceptors (Lipinski definition) is 5. The van der Waals surface area contributed by atoms with E-state index in [2.05, 4.69) is 15.2 Å². The number of nitrogens with one attached hydrogen (secondary N) is 1. The quantitative estimate of drug-likeness (QED) is 0.843. The maximum absolute atomic E-state index is 5.99. The molecular weight excluding hydrogens is 256 g/mol. The first-order valence-electron chi connectivity index (χ1n) is 6.53. The number of H-pyrrole nitrogens is 1. The lowest BCUT2D eigenvalue weighted by molar-refractivity contribution is 0.295. The van der Waals surface area contributed by atoms with Crippen molar-refractivity contribution >= 4 is 0 Å². The van der Waals surface area contributed by atoms with Gasteiger partial charge in [0.15, 0.2) is 11.6 Å². The Morgan fingerprint density at radius 2 is 1.85 bits per heavy atom. The Hall–Kier alpha value is -2.08. The number of methoxy groups -OCH3 is 1. The van der Waals surface area contributed by atoms with Gasteiger partial charge in [-0.25, -0.2) is 4.98 Å². The molecule has 0 saturated heterocycles. The highest BCUT2D eigenvalue weighted by molar-refractivity contribution is 5.31. The maximum Gasteiger partial charge on any atom is 0.167 e. The summed E-state index contributed by atoms with van der Waals surface area (Å²) in [4.78, 5) is 4.34. The zero-order valence-corrected chi connectivity index (χ0v) is 12.0. The molecule has 0 amide bonds. The summed E-state index contributed by atoms with van der Waals surface area (Å²) in [6, 6.07) is 7.21. The van der Waals surface area contributed by atoms with Gasteiger partial charge < -0.3 is 15.2 Å². The van der Waals surface area contributed by atoms with Crippen LogP contribution in [0.1, 0.15) is 31.5 Å². The number of hydrogen-bond donors (Lipinski definition) is 2. The van der Waals surface area contributed by atoms with Crippen LogP contribution in [0.15, 0.2) is 24.3 Å². The number of nitrogens with two attached hydrogens (primary N) is 1. The van der Waals surface area contributed by atoms with Crippen LogP contribution in [0, 0.1) is 5.92 Å². The van der Waals surface area contributed by atoms with Gasteiger partial charge in [0.1, 0.15) is 18.1 Å². The summed E-state index contributed by atoms with van der Waals surface area (Å²) in [6.07, 6.45) is 0. The van der Waals surface area contributed by atoms with Crippen molar-refractivity contribution in [2.24, 2.45) is 11.7 Å². The van der Waals surface area contributed by atoms with E-state index in [1.807, 2.05) is 38.1 Å². The van der Waals surface area contributed by atoms with Crippen molar-refractivity contribution in [3.8, 4) is 11.5 Å². The predicted molar refractivity (Wildman–Crippen MR) is 75.5 cm³/mol. The first-order chi connectivity index (χ1) is 9.60. The van der Waals surface area contributed by atoms with E-state index >= 15 is 0 Å². The van der Waals surface area contributed by atoms with Crippen molar-refractivity contribution in [1.82, 2.24) is 15.2 Å². The molecule has 1 atom stereocenters. The summed E-state index contributed by atoms with van der Waals surface area (Å²) in [5.41, 5.74) is 5.99. The van der Waals surface area contributed by atoms with E-state index in [4.69, 9.17) is 15.2 Å². The fraction of sp³-hybridized carbons (Fsp3) is 0.429. The van der Waals surface area contributed by atoms with E-state index in [0.29, 0.717) is 24.2 Å². The average molecular weight is 276 g/mol. The minimum Gasteiger partial charge on any atom is -0.497 e.